The quantitative estimate of drug-likeness (QED) is 0.514. The second-order valence-electron chi connectivity index (χ2n) is 8.38. The monoisotopic (exact) mass is 481 g/mol. The predicted molar refractivity (Wildman–Crippen MR) is 132 cm³/mol. The molecule has 0 radical (unpaired) electrons. The summed E-state index contributed by atoms with van der Waals surface area (Å²) in [6.07, 6.45) is 2.40. The van der Waals surface area contributed by atoms with Gasteiger partial charge in [0.05, 0.1) is 16.6 Å². The van der Waals surface area contributed by atoms with Crippen LogP contribution in [0.5, 0.6) is 0 Å². The molecule has 1 amide bonds. The predicted octanol–water partition coefficient (Wildman–Crippen LogP) is 4.50. The molecule has 4 rings (SSSR count). The Kier molecular flexibility index (Phi) is 7.17. The zero-order valence-electron chi connectivity index (χ0n) is 19.0. The third-order valence-corrected chi connectivity index (χ3v) is 7.76. The van der Waals surface area contributed by atoms with Crippen molar-refractivity contribution in [3.8, 4) is 0 Å². The van der Waals surface area contributed by atoms with Crippen LogP contribution < -0.4 is 14.5 Å². The molecule has 3 aromatic carbocycles. The van der Waals surface area contributed by atoms with E-state index in [1.165, 1.54) is 30.7 Å². The smallest absolute Gasteiger partial charge is 0.264 e. The lowest BCUT2D eigenvalue weighted by Gasteiger charge is -2.25. The minimum absolute atomic E-state index is 0.0869. The fraction of sp³-hybridized carbons (Fsp3) is 0.269. The molecule has 8 heteroatoms. The Morgan fingerprint density at radius 3 is 2.21 bits per heavy atom. The Balaban J connectivity index is 1.50. The lowest BCUT2D eigenvalue weighted by atomic mass is 10.1. The van der Waals surface area contributed by atoms with Crippen molar-refractivity contribution in [3.05, 3.63) is 90.2 Å². The first-order chi connectivity index (χ1) is 16.3. The Bertz CT molecular complexity index is 1210. The molecule has 178 valence electrons. The van der Waals surface area contributed by atoms with Crippen molar-refractivity contribution in [1.29, 1.82) is 0 Å². The summed E-state index contributed by atoms with van der Waals surface area (Å²) in [4.78, 5) is 15.2. The van der Waals surface area contributed by atoms with Crippen LogP contribution in [-0.4, -0.2) is 34.0 Å². The number of amides is 1. The minimum Gasteiger partial charge on any atom is -0.372 e. The summed E-state index contributed by atoms with van der Waals surface area (Å²) >= 11 is 0. The zero-order valence-corrected chi connectivity index (χ0v) is 19.8. The summed E-state index contributed by atoms with van der Waals surface area (Å²) < 4.78 is 41.0. The number of rotatable bonds is 8. The first-order valence-electron chi connectivity index (χ1n) is 11.3. The minimum atomic E-state index is -4.08. The maximum absolute atomic E-state index is 13.4. The molecule has 0 spiro atoms. The Hall–Kier alpha value is -3.39. The van der Waals surface area contributed by atoms with Crippen LogP contribution in [0.4, 0.5) is 15.8 Å². The number of para-hydroxylation sites is 1. The van der Waals surface area contributed by atoms with Crippen LogP contribution in [0.1, 0.15) is 31.4 Å². The zero-order chi connectivity index (χ0) is 24.1. The average Bonchev–Trinajstić information content (AvgIpc) is 3.38. The Morgan fingerprint density at radius 2 is 1.59 bits per heavy atom. The standard InChI is InChI=1S/C26H28FN3O3S/c1-20(21-9-13-23(14-10-21)29-17-5-6-18-29)28-26(31)19-30(24-7-3-2-4-8-24)34(32,33)25-15-11-22(27)12-16-25/h2-4,7-16,20H,5-6,17-19H2,1H3,(H,28,31). The molecular weight excluding hydrogens is 453 g/mol. The molecule has 1 N–H and O–H groups in total. The van der Waals surface area contributed by atoms with Crippen molar-refractivity contribution in [2.45, 2.75) is 30.7 Å². The van der Waals surface area contributed by atoms with Gasteiger partial charge in [0, 0.05) is 18.8 Å². The molecule has 34 heavy (non-hydrogen) atoms. The van der Waals surface area contributed by atoms with Crippen molar-refractivity contribution in [3.63, 3.8) is 0 Å². The highest BCUT2D eigenvalue weighted by molar-refractivity contribution is 7.92. The normalized spacial score (nSPS) is 14.6. The molecule has 1 aliphatic heterocycles. The fourth-order valence-corrected chi connectivity index (χ4v) is 5.51. The van der Waals surface area contributed by atoms with E-state index in [9.17, 15) is 17.6 Å². The van der Waals surface area contributed by atoms with Crippen molar-refractivity contribution in [2.75, 3.05) is 28.8 Å². The van der Waals surface area contributed by atoms with E-state index in [-0.39, 0.29) is 10.9 Å². The number of sulfonamides is 1. The number of nitrogens with zero attached hydrogens (tertiary/aromatic N) is 2. The average molecular weight is 482 g/mol. The summed E-state index contributed by atoms with van der Waals surface area (Å²) in [5.41, 5.74) is 2.45. The summed E-state index contributed by atoms with van der Waals surface area (Å²) in [5, 5.41) is 2.90. The second-order valence-corrected chi connectivity index (χ2v) is 10.2. The highest BCUT2D eigenvalue weighted by Gasteiger charge is 2.27. The third-order valence-electron chi connectivity index (χ3n) is 5.97. The van der Waals surface area contributed by atoms with E-state index in [1.54, 1.807) is 30.3 Å². The van der Waals surface area contributed by atoms with Crippen LogP contribution in [0.2, 0.25) is 0 Å². The number of hydrogen-bond donors (Lipinski definition) is 1. The largest absolute Gasteiger partial charge is 0.372 e. The third kappa shape index (κ3) is 5.39. The highest BCUT2D eigenvalue weighted by atomic mass is 32.2. The molecule has 1 aliphatic rings. The summed E-state index contributed by atoms with van der Waals surface area (Å²) in [6.45, 7) is 3.58. The molecule has 3 aromatic rings. The molecule has 1 unspecified atom stereocenters. The van der Waals surface area contributed by atoms with Gasteiger partial charge in [0.2, 0.25) is 5.91 Å². The molecule has 1 fully saturated rings. The van der Waals surface area contributed by atoms with Crippen LogP contribution in [0.25, 0.3) is 0 Å². The molecular formula is C26H28FN3O3S. The molecule has 0 aliphatic carbocycles. The maximum Gasteiger partial charge on any atom is 0.264 e. The van der Waals surface area contributed by atoms with Gasteiger partial charge in [0.25, 0.3) is 10.0 Å². The van der Waals surface area contributed by atoms with Gasteiger partial charge in [0.1, 0.15) is 12.4 Å². The van der Waals surface area contributed by atoms with Crippen molar-refractivity contribution < 1.29 is 17.6 Å². The van der Waals surface area contributed by atoms with Gasteiger partial charge in [-0.3, -0.25) is 9.10 Å². The van der Waals surface area contributed by atoms with E-state index >= 15 is 0 Å². The van der Waals surface area contributed by atoms with Crippen LogP contribution in [-0.2, 0) is 14.8 Å². The Morgan fingerprint density at radius 1 is 0.971 bits per heavy atom. The van der Waals surface area contributed by atoms with Gasteiger partial charge in [-0.1, -0.05) is 30.3 Å². The van der Waals surface area contributed by atoms with Crippen LogP contribution in [0.3, 0.4) is 0 Å². The van der Waals surface area contributed by atoms with Gasteiger partial charge < -0.3 is 10.2 Å². The second kappa shape index (κ2) is 10.3. The summed E-state index contributed by atoms with van der Waals surface area (Å²) in [5.74, 6) is -0.974. The van der Waals surface area contributed by atoms with Gasteiger partial charge >= 0.3 is 0 Å². The molecule has 0 aromatic heterocycles. The van der Waals surface area contributed by atoms with Crippen LogP contribution in [0, 0.1) is 5.82 Å². The molecule has 1 heterocycles. The molecule has 0 bridgehead atoms. The molecule has 1 saturated heterocycles. The van der Waals surface area contributed by atoms with Crippen LogP contribution >= 0.6 is 0 Å². The van der Waals surface area contributed by atoms with E-state index in [1.807, 2.05) is 19.1 Å². The van der Waals surface area contributed by atoms with Crippen molar-refractivity contribution in [1.82, 2.24) is 5.32 Å². The van der Waals surface area contributed by atoms with E-state index < -0.39 is 28.3 Å². The number of anilines is 2. The van der Waals surface area contributed by atoms with E-state index in [0.717, 1.165) is 35.1 Å². The number of nitrogens with one attached hydrogen (secondary N) is 1. The van der Waals surface area contributed by atoms with Gasteiger partial charge in [-0.15, -0.1) is 0 Å². The van der Waals surface area contributed by atoms with Gasteiger partial charge in [0.15, 0.2) is 0 Å². The lowest BCUT2D eigenvalue weighted by molar-refractivity contribution is -0.120. The highest BCUT2D eigenvalue weighted by Crippen LogP contribution is 2.25. The first-order valence-corrected chi connectivity index (χ1v) is 12.8. The van der Waals surface area contributed by atoms with E-state index in [0.29, 0.717) is 5.69 Å². The number of carbonyl (C=O) groups excluding carboxylic acids is 1. The maximum atomic E-state index is 13.4. The first kappa shape index (κ1) is 23.8. The lowest BCUT2D eigenvalue weighted by Crippen LogP contribution is -2.41. The summed E-state index contributed by atoms with van der Waals surface area (Å²) in [7, 11) is -4.08. The number of benzene rings is 3. The number of halogens is 1. The molecule has 6 nitrogen and oxygen atoms in total. The molecule has 1 atom stereocenters. The van der Waals surface area contributed by atoms with Crippen molar-refractivity contribution in [2.24, 2.45) is 0 Å². The summed E-state index contributed by atoms with van der Waals surface area (Å²) in [6, 6.07) is 20.8. The topological polar surface area (TPSA) is 69.7 Å². The van der Waals surface area contributed by atoms with Crippen LogP contribution in [0.15, 0.2) is 83.8 Å². The van der Waals surface area contributed by atoms with Gasteiger partial charge in [-0.05, 0) is 73.9 Å². The SMILES string of the molecule is CC(NC(=O)CN(c1ccccc1)S(=O)(=O)c1ccc(F)cc1)c1ccc(N2CCCC2)cc1. The fourth-order valence-electron chi connectivity index (χ4n) is 4.09. The van der Waals surface area contributed by atoms with Gasteiger partial charge in [-0.25, -0.2) is 12.8 Å². The van der Waals surface area contributed by atoms with Crippen molar-refractivity contribution >= 4 is 27.3 Å². The molecule has 0 saturated carbocycles. The van der Waals surface area contributed by atoms with E-state index in [2.05, 4.69) is 22.3 Å². The number of carbonyl (C=O) groups is 1. The number of hydrogen-bond acceptors (Lipinski definition) is 4. The van der Waals surface area contributed by atoms with Gasteiger partial charge in [-0.2, -0.15) is 0 Å². The Labute approximate surface area is 200 Å². The van der Waals surface area contributed by atoms with E-state index in [4.69, 9.17) is 0 Å².